The SMILES string of the molecule is CC(C)(C)c1ccc(-n2cc(-c3ccc(OC=O)cc3)nn2)cc1. The van der Waals surface area contributed by atoms with Gasteiger partial charge in [0.1, 0.15) is 11.4 Å². The Hall–Kier alpha value is -2.95. The number of benzene rings is 2. The Labute approximate surface area is 140 Å². The van der Waals surface area contributed by atoms with Gasteiger partial charge >= 0.3 is 0 Å². The van der Waals surface area contributed by atoms with Gasteiger partial charge in [0.05, 0.1) is 11.9 Å². The van der Waals surface area contributed by atoms with Gasteiger partial charge in [-0.1, -0.05) is 38.1 Å². The van der Waals surface area contributed by atoms with E-state index >= 15 is 0 Å². The van der Waals surface area contributed by atoms with Crippen molar-refractivity contribution in [1.82, 2.24) is 15.0 Å². The number of ether oxygens (including phenoxy) is 1. The fourth-order valence-electron chi connectivity index (χ4n) is 2.40. The summed E-state index contributed by atoms with van der Waals surface area (Å²) >= 11 is 0. The molecule has 0 aliphatic carbocycles. The molecule has 0 saturated heterocycles. The first-order valence-corrected chi connectivity index (χ1v) is 7.71. The molecule has 5 nitrogen and oxygen atoms in total. The highest BCUT2D eigenvalue weighted by atomic mass is 16.5. The summed E-state index contributed by atoms with van der Waals surface area (Å²) in [6, 6.07) is 15.4. The van der Waals surface area contributed by atoms with Crippen molar-refractivity contribution in [3.05, 3.63) is 60.3 Å². The lowest BCUT2D eigenvalue weighted by Gasteiger charge is -2.18. The molecule has 1 aromatic heterocycles. The second-order valence-corrected chi connectivity index (χ2v) is 6.58. The van der Waals surface area contributed by atoms with Crippen LogP contribution in [0.3, 0.4) is 0 Å². The first kappa shape index (κ1) is 15.9. The highest BCUT2D eigenvalue weighted by molar-refractivity contribution is 5.60. The minimum absolute atomic E-state index is 0.122. The highest BCUT2D eigenvalue weighted by Crippen LogP contribution is 2.24. The predicted octanol–water partition coefficient (Wildman–Crippen LogP) is 3.77. The Morgan fingerprint density at radius 3 is 2.25 bits per heavy atom. The number of aromatic nitrogens is 3. The molecule has 5 heteroatoms. The van der Waals surface area contributed by atoms with Gasteiger partial charge in [-0.15, -0.1) is 5.10 Å². The Bertz CT molecular complexity index is 828. The maximum Gasteiger partial charge on any atom is 0.298 e. The second-order valence-electron chi connectivity index (χ2n) is 6.58. The number of carbonyl (C=O) groups is 1. The van der Waals surface area contributed by atoms with Crippen molar-refractivity contribution in [3.8, 4) is 22.7 Å². The van der Waals surface area contributed by atoms with E-state index in [1.807, 2.05) is 30.5 Å². The molecule has 0 spiro atoms. The summed E-state index contributed by atoms with van der Waals surface area (Å²) in [6.45, 7) is 6.97. The summed E-state index contributed by atoms with van der Waals surface area (Å²) in [7, 11) is 0. The van der Waals surface area contributed by atoms with Crippen molar-refractivity contribution >= 4 is 6.47 Å². The first-order valence-electron chi connectivity index (χ1n) is 7.71. The van der Waals surface area contributed by atoms with Gasteiger partial charge in [0.25, 0.3) is 6.47 Å². The topological polar surface area (TPSA) is 57.0 Å². The van der Waals surface area contributed by atoms with Gasteiger partial charge < -0.3 is 4.74 Å². The zero-order chi connectivity index (χ0) is 17.2. The van der Waals surface area contributed by atoms with Gasteiger partial charge in [-0.2, -0.15) is 0 Å². The molecule has 122 valence electrons. The van der Waals surface area contributed by atoms with Crippen LogP contribution < -0.4 is 4.74 Å². The van der Waals surface area contributed by atoms with Crippen molar-refractivity contribution in [2.75, 3.05) is 0 Å². The number of rotatable bonds is 4. The number of carbonyl (C=O) groups excluding carboxylic acids is 1. The van der Waals surface area contributed by atoms with Crippen LogP contribution in [0.1, 0.15) is 26.3 Å². The molecule has 1 heterocycles. The predicted molar refractivity (Wildman–Crippen MR) is 92.2 cm³/mol. The zero-order valence-electron chi connectivity index (χ0n) is 13.9. The largest absolute Gasteiger partial charge is 0.429 e. The van der Waals surface area contributed by atoms with E-state index in [0.717, 1.165) is 16.9 Å². The monoisotopic (exact) mass is 321 g/mol. The Balaban J connectivity index is 1.83. The van der Waals surface area contributed by atoms with E-state index in [1.54, 1.807) is 16.8 Å². The van der Waals surface area contributed by atoms with Crippen molar-refractivity contribution < 1.29 is 9.53 Å². The second kappa shape index (κ2) is 6.28. The molecule has 0 unspecified atom stereocenters. The molecule has 0 aliphatic heterocycles. The third-order valence-corrected chi connectivity index (χ3v) is 3.83. The molecule has 24 heavy (non-hydrogen) atoms. The minimum Gasteiger partial charge on any atom is -0.429 e. The summed E-state index contributed by atoms with van der Waals surface area (Å²) in [5.74, 6) is 0.499. The van der Waals surface area contributed by atoms with E-state index in [1.165, 1.54) is 5.56 Å². The normalized spacial score (nSPS) is 11.3. The molecule has 0 atom stereocenters. The van der Waals surface area contributed by atoms with Crippen LogP contribution in [0.15, 0.2) is 54.7 Å². The van der Waals surface area contributed by atoms with Crippen molar-refractivity contribution in [1.29, 1.82) is 0 Å². The smallest absolute Gasteiger partial charge is 0.298 e. The third kappa shape index (κ3) is 3.35. The lowest BCUT2D eigenvalue weighted by molar-refractivity contribution is -0.120. The van der Waals surface area contributed by atoms with Gasteiger partial charge in [-0.25, -0.2) is 4.68 Å². The van der Waals surface area contributed by atoms with Crippen LogP contribution in [0.25, 0.3) is 16.9 Å². The van der Waals surface area contributed by atoms with Crippen LogP contribution in [0.5, 0.6) is 5.75 Å². The molecular formula is C19H19N3O2. The van der Waals surface area contributed by atoms with Crippen LogP contribution >= 0.6 is 0 Å². The van der Waals surface area contributed by atoms with E-state index in [2.05, 4.69) is 43.2 Å². The van der Waals surface area contributed by atoms with Gasteiger partial charge in [-0.05, 0) is 47.4 Å². The quantitative estimate of drug-likeness (QED) is 0.686. The molecule has 3 rings (SSSR count). The molecule has 3 aromatic rings. The number of hydrogen-bond acceptors (Lipinski definition) is 4. The van der Waals surface area contributed by atoms with Crippen molar-refractivity contribution in [2.45, 2.75) is 26.2 Å². The molecule has 0 radical (unpaired) electrons. The van der Waals surface area contributed by atoms with Crippen LogP contribution in [0, 0.1) is 0 Å². The van der Waals surface area contributed by atoms with Gasteiger partial charge in [0, 0.05) is 5.56 Å². The van der Waals surface area contributed by atoms with Gasteiger partial charge in [-0.3, -0.25) is 4.79 Å². The van der Waals surface area contributed by atoms with Crippen LogP contribution in [-0.4, -0.2) is 21.5 Å². The molecule has 0 N–H and O–H groups in total. The maximum atomic E-state index is 10.3. The van der Waals surface area contributed by atoms with Crippen LogP contribution in [0.2, 0.25) is 0 Å². The van der Waals surface area contributed by atoms with Gasteiger partial charge in [0.2, 0.25) is 0 Å². The highest BCUT2D eigenvalue weighted by Gasteiger charge is 2.13. The molecule has 0 saturated carbocycles. The molecular weight excluding hydrogens is 302 g/mol. The summed E-state index contributed by atoms with van der Waals surface area (Å²) in [5.41, 5.74) is 4.02. The maximum absolute atomic E-state index is 10.3. The Morgan fingerprint density at radius 1 is 1.00 bits per heavy atom. The fraction of sp³-hybridized carbons (Fsp3) is 0.211. The van der Waals surface area contributed by atoms with Gasteiger partial charge in [0.15, 0.2) is 0 Å². The summed E-state index contributed by atoms with van der Waals surface area (Å²) in [6.07, 6.45) is 1.88. The van der Waals surface area contributed by atoms with Crippen molar-refractivity contribution in [3.63, 3.8) is 0 Å². The Morgan fingerprint density at radius 2 is 1.67 bits per heavy atom. The molecule has 2 aromatic carbocycles. The molecule has 0 aliphatic rings. The molecule has 0 bridgehead atoms. The molecule has 0 amide bonds. The fourth-order valence-corrected chi connectivity index (χ4v) is 2.40. The minimum atomic E-state index is 0.122. The average Bonchev–Trinajstić information content (AvgIpc) is 3.05. The van der Waals surface area contributed by atoms with E-state index in [4.69, 9.17) is 4.74 Å². The lowest BCUT2D eigenvalue weighted by Crippen LogP contribution is -2.10. The average molecular weight is 321 g/mol. The van der Waals surface area contributed by atoms with E-state index < -0.39 is 0 Å². The third-order valence-electron chi connectivity index (χ3n) is 3.83. The lowest BCUT2D eigenvalue weighted by atomic mass is 9.87. The summed E-state index contributed by atoms with van der Waals surface area (Å²) < 4.78 is 6.54. The molecule has 0 fully saturated rings. The summed E-state index contributed by atoms with van der Waals surface area (Å²) in [5, 5.41) is 8.40. The van der Waals surface area contributed by atoms with Crippen LogP contribution in [-0.2, 0) is 10.2 Å². The number of nitrogens with zero attached hydrogens (tertiary/aromatic N) is 3. The van der Waals surface area contributed by atoms with E-state index in [-0.39, 0.29) is 5.41 Å². The van der Waals surface area contributed by atoms with E-state index in [0.29, 0.717) is 12.2 Å². The first-order chi connectivity index (χ1) is 11.5. The van der Waals surface area contributed by atoms with E-state index in [9.17, 15) is 4.79 Å². The summed E-state index contributed by atoms with van der Waals surface area (Å²) in [4.78, 5) is 10.3. The van der Waals surface area contributed by atoms with Crippen LogP contribution in [0.4, 0.5) is 0 Å². The van der Waals surface area contributed by atoms with Crippen molar-refractivity contribution in [2.24, 2.45) is 0 Å². The zero-order valence-corrected chi connectivity index (χ0v) is 13.9. The Kier molecular flexibility index (Phi) is 4.16. The number of hydrogen-bond donors (Lipinski definition) is 0. The standard InChI is InChI=1S/C19H19N3O2/c1-19(2,3)15-6-8-16(9-7-15)22-12-18(20-21-22)14-4-10-17(11-5-14)24-13-23/h4-13H,1-3H3.